The smallest absolute Gasteiger partial charge is 0.164 e. The number of rotatable bonds is 14. The summed E-state index contributed by atoms with van der Waals surface area (Å²) >= 11 is 0. The van der Waals surface area contributed by atoms with E-state index in [9.17, 15) is 0 Å². The van der Waals surface area contributed by atoms with Crippen LogP contribution >= 0.6 is 0 Å². The molecule has 0 unspecified atom stereocenters. The zero-order valence-electron chi connectivity index (χ0n) is 66.0. The first-order valence-electron chi connectivity index (χ1n) is 40.4. The minimum atomic E-state index is -0.109. The van der Waals surface area contributed by atoms with Gasteiger partial charge in [-0.25, -0.2) is 29.9 Å². The topological polar surface area (TPSA) is 77.3 Å². The van der Waals surface area contributed by atoms with Crippen molar-refractivity contribution in [2.24, 2.45) is 0 Å². The van der Waals surface area contributed by atoms with Gasteiger partial charge >= 0.3 is 0 Å². The Morgan fingerprint density at radius 3 is 0.778 bits per heavy atom. The molecule has 0 fully saturated rings. The molecule has 0 N–H and O–H groups in total. The van der Waals surface area contributed by atoms with Crippen molar-refractivity contribution in [3.8, 4) is 191 Å². The summed E-state index contributed by atoms with van der Waals surface area (Å²) in [5, 5.41) is 0. The molecular weight excluding hydrogens is 1420 g/mol. The van der Waals surface area contributed by atoms with E-state index in [1.165, 1.54) is 89.0 Å². The monoisotopic (exact) mass is 1500 g/mol. The highest BCUT2D eigenvalue weighted by Crippen LogP contribution is 2.53. The molecule has 6 nitrogen and oxygen atoms in total. The molecular formula is C111H80N6. The Bertz CT molecular complexity index is 6960. The Balaban J connectivity index is 0.592. The highest BCUT2D eigenvalue weighted by Gasteiger charge is 2.38. The van der Waals surface area contributed by atoms with Gasteiger partial charge in [0.2, 0.25) is 0 Å². The normalized spacial score (nSPS) is 13.4. The van der Waals surface area contributed by atoms with Crippen LogP contribution in [0.15, 0.2) is 376 Å². The summed E-state index contributed by atoms with van der Waals surface area (Å²) in [7, 11) is 0. The van der Waals surface area contributed by atoms with Crippen molar-refractivity contribution in [2.45, 2.75) is 57.8 Å². The molecule has 554 valence electrons. The maximum Gasteiger partial charge on any atom is 0.164 e. The molecule has 3 aromatic heterocycles. The van der Waals surface area contributed by atoms with Crippen LogP contribution in [-0.2, 0) is 16.2 Å². The van der Waals surface area contributed by atoms with Gasteiger partial charge in [-0.05, 0) is 182 Å². The van der Waals surface area contributed by atoms with E-state index in [4.69, 9.17) is 29.9 Å². The zero-order chi connectivity index (χ0) is 78.7. The third-order valence-corrected chi connectivity index (χ3v) is 24.9. The molecule has 21 rings (SSSR count). The lowest BCUT2D eigenvalue weighted by molar-refractivity contribution is 0.660. The molecule has 3 aliphatic rings. The quantitative estimate of drug-likeness (QED) is 0.108. The molecule has 0 atom stereocenters. The number of hydrogen-bond acceptors (Lipinski definition) is 6. The fourth-order valence-corrected chi connectivity index (χ4v) is 18.3. The predicted molar refractivity (Wildman–Crippen MR) is 482 cm³/mol. The lowest BCUT2D eigenvalue weighted by Gasteiger charge is -2.22. The second kappa shape index (κ2) is 28.0. The molecule has 3 aliphatic carbocycles. The summed E-state index contributed by atoms with van der Waals surface area (Å²) < 4.78 is 0. The van der Waals surface area contributed by atoms with E-state index in [-0.39, 0.29) is 16.2 Å². The number of pyridine rings is 1. The summed E-state index contributed by atoms with van der Waals surface area (Å²) in [6.45, 7) is 14.0. The van der Waals surface area contributed by atoms with Gasteiger partial charge in [-0.2, -0.15) is 0 Å². The number of hydrogen-bond donors (Lipinski definition) is 0. The van der Waals surface area contributed by atoms with Crippen molar-refractivity contribution in [3.63, 3.8) is 0 Å². The number of nitrogens with zero attached hydrogens (tertiary/aromatic N) is 6. The SMILES string of the molecule is CC1(C)c2ccccc2-c2ccc(-c3ccc(-c4cc(-c5ccccc5)nc(-c5ccc(-c6cccc(-c7cc(-c8ccc(-c9ccc%10c(c9)C(C)(C)c9ccccc9-%10)cc8)nc(-c8ccc(-c9cccc(-c%10nc(-c%11ccccc%11)nc(-c%11ccc(-c%12ccc%13c(c%12)C(C)(C)c%12ccccc%12-%13)cc%11)n%10)c9)cc8)n7)c6)cc5)c4)cc3)cc21. The largest absolute Gasteiger partial charge is 0.248 e. The average Bonchev–Trinajstić information content (AvgIpc) is 1.59. The lowest BCUT2D eigenvalue weighted by atomic mass is 9.81. The van der Waals surface area contributed by atoms with Crippen molar-refractivity contribution in [1.29, 1.82) is 0 Å². The van der Waals surface area contributed by atoms with Gasteiger partial charge in [0.05, 0.1) is 22.8 Å². The van der Waals surface area contributed by atoms with Crippen molar-refractivity contribution >= 4 is 0 Å². The third kappa shape index (κ3) is 12.5. The van der Waals surface area contributed by atoms with Gasteiger partial charge < -0.3 is 0 Å². The minimum absolute atomic E-state index is 0.0724. The molecule has 117 heavy (non-hydrogen) atoms. The molecule has 0 saturated heterocycles. The Labute approximate surface area is 683 Å². The third-order valence-electron chi connectivity index (χ3n) is 24.9. The number of benzene rings is 15. The van der Waals surface area contributed by atoms with Gasteiger partial charge in [0.25, 0.3) is 0 Å². The van der Waals surface area contributed by atoms with E-state index in [2.05, 4.69) is 399 Å². The van der Waals surface area contributed by atoms with Crippen LogP contribution in [-0.4, -0.2) is 29.9 Å². The molecule has 0 radical (unpaired) electrons. The lowest BCUT2D eigenvalue weighted by Crippen LogP contribution is -2.14. The van der Waals surface area contributed by atoms with E-state index in [1.807, 2.05) is 18.2 Å². The van der Waals surface area contributed by atoms with E-state index >= 15 is 0 Å². The summed E-state index contributed by atoms with van der Waals surface area (Å²) in [4.78, 5) is 31.8. The first kappa shape index (κ1) is 70.4. The van der Waals surface area contributed by atoms with Gasteiger partial charge in [-0.3, -0.25) is 0 Å². The maximum atomic E-state index is 5.45. The van der Waals surface area contributed by atoms with Crippen LogP contribution in [0, 0.1) is 0 Å². The van der Waals surface area contributed by atoms with E-state index in [0.29, 0.717) is 23.3 Å². The molecule has 3 heterocycles. The fourth-order valence-electron chi connectivity index (χ4n) is 18.3. The maximum absolute atomic E-state index is 5.45. The molecule has 0 amide bonds. The van der Waals surface area contributed by atoms with Gasteiger partial charge in [-0.1, -0.05) is 369 Å². The van der Waals surface area contributed by atoms with Gasteiger partial charge in [0.15, 0.2) is 23.3 Å². The molecule has 0 saturated carbocycles. The van der Waals surface area contributed by atoms with Crippen LogP contribution in [0.2, 0.25) is 0 Å². The first-order chi connectivity index (χ1) is 57.2. The van der Waals surface area contributed by atoms with E-state index < -0.39 is 0 Å². The standard InChI is InChI=1S/C111H80N6/c1-109(2)95-32-16-13-29-89(95)92-58-55-83(63-98(92)109)71-35-37-74(38-36-71)88-66-101(75-21-9-7-10-22-75)112-102(67-88)76-47-39-69(40-48-76)81-25-19-27-86(61-81)104-68-103(77-49-41-72(42-50-77)84-56-59-93-90-30-14-17-33-96(90)110(3,4)99(93)64-84)113-105(114-104)79-51-43-70(44-52-79)82-26-20-28-87(62-82)108-116-106(78-23-11-8-12-24-78)115-107(117-108)80-53-45-73(46-54-80)85-57-60-94-91-31-15-18-34-97(91)111(5,6)100(94)65-85/h7-68H,1-6H3. The summed E-state index contributed by atoms with van der Waals surface area (Å²) in [5.41, 5.74) is 40.5. The molecule has 6 heteroatoms. The van der Waals surface area contributed by atoms with Crippen LogP contribution in [0.4, 0.5) is 0 Å². The van der Waals surface area contributed by atoms with Crippen molar-refractivity contribution < 1.29 is 0 Å². The molecule has 15 aromatic carbocycles. The minimum Gasteiger partial charge on any atom is -0.248 e. The zero-order valence-corrected chi connectivity index (χ0v) is 66.0. The molecule has 0 aliphatic heterocycles. The predicted octanol–water partition coefficient (Wildman–Crippen LogP) is 28.3. The van der Waals surface area contributed by atoms with Crippen LogP contribution in [0.25, 0.3) is 191 Å². The molecule has 18 aromatic rings. The van der Waals surface area contributed by atoms with Crippen molar-refractivity contribution in [2.75, 3.05) is 0 Å². The summed E-state index contributed by atoms with van der Waals surface area (Å²) in [6, 6.07) is 136. The molecule has 0 bridgehead atoms. The summed E-state index contributed by atoms with van der Waals surface area (Å²) in [6.07, 6.45) is 0. The first-order valence-corrected chi connectivity index (χ1v) is 40.4. The van der Waals surface area contributed by atoms with Crippen LogP contribution in [0.3, 0.4) is 0 Å². The van der Waals surface area contributed by atoms with Gasteiger partial charge in [-0.15, -0.1) is 0 Å². The van der Waals surface area contributed by atoms with Crippen molar-refractivity contribution in [1.82, 2.24) is 29.9 Å². The van der Waals surface area contributed by atoms with Crippen LogP contribution in [0.1, 0.15) is 74.9 Å². The highest BCUT2D eigenvalue weighted by atomic mass is 15.0. The fraction of sp³-hybridized carbons (Fsp3) is 0.0811. The Hall–Kier alpha value is -14.5. The van der Waals surface area contributed by atoms with Gasteiger partial charge in [0, 0.05) is 60.8 Å². The van der Waals surface area contributed by atoms with E-state index in [1.54, 1.807) is 0 Å². The average molecular weight is 1500 g/mol. The Kier molecular flexibility index (Phi) is 16.8. The second-order valence-electron chi connectivity index (χ2n) is 33.0. The van der Waals surface area contributed by atoms with E-state index in [0.717, 1.165) is 112 Å². The van der Waals surface area contributed by atoms with Gasteiger partial charge in [0.1, 0.15) is 0 Å². The highest BCUT2D eigenvalue weighted by molar-refractivity contribution is 5.89. The van der Waals surface area contributed by atoms with Crippen LogP contribution in [0.5, 0.6) is 0 Å². The van der Waals surface area contributed by atoms with Crippen molar-refractivity contribution in [3.05, 3.63) is 409 Å². The second-order valence-corrected chi connectivity index (χ2v) is 33.0. The number of aromatic nitrogens is 6. The number of fused-ring (bicyclic) bond motifs is 9. The molecule has 0 spiro atoms. The Morgan fingerprint density at radius 1 is 0.137 bits per heavy atom. The van der Waals surface area contributed by atoms with Crippen LogP contribution < -0.4 is 0 Å². The Morgan fingerprint density at radius 2 is 0.376 bits per heavy atom. The summed E-state index contributed by atoms with van der Waals surface area (Å²) in [5.74, 6) is 2.43.